The van der Waals surface area contributed by atoms with Crippen LogP contribution in [0.15, 0.2) is 5.10 Å². The Hall–Kier alpha value is -1.06. The quantitative estimate of drug-likeness (QED) is 0.457. The SMILES string of the molecule is CC/C(C)=N/N(C)C(=O)N(C)C. The van der Waals surface area contributed by atoms with Crippen LogP contribution < -0.4 is 0 Å². The third kappa shape index (κ3) is 3.37. The summed E-state index contributed by atoms with van der Waals surface area (Å²) in [7, 11) is 5.06. The third-order valence-corrected chi connectivity index (χ3v) is 1.49. The van der Waals surface area contributed by atoms with Gasteiger partial charge in [-0.2, -0.15) is 5.10 Å². The molecule has 0 saturated carbocycles. The van der Waals surface area contributed by atoms with E-state index in [9.17, 15) is 4.79 Å². The number of carbonyl (C=O) groups excluding carboxylic acids is 1. The third-order valence-electron chi connectivity index (χ3n) is 1.49. The van der Waals surface area contributed by atoms with Crippen molar-refractivity contribution in [2.24, 2.45) is 5.10 Å². The van der Waals surface area contributed by atoms with Crippen molar-refractivity contribution in [3.05, 3.63) is 0 Å². The zero-order valence-corrected chi connectivity index (χ0v) is 8.46. The summed E-state index contributed by atoms with van der Waals surface area (Å²) in [6, 6.07) is -0.109. The molecule has 0 radical (unpaired) electrons. The van der Waals surface area contributed by atoms with E-state index < -0.39 is 0 Å². The molecule has 70 valence electrons. The second-order valence-corrected chi connectivity index (χ2v) is 2.89. The number of amides is 2. The minimum Gasteiger partial charge on any atom is -0.329 e. The summed E-state index contributed by atoms with van der Waals surface area (Å²) in [4.78, 5) is 12.7. The number of rotatable bonds is 2. The zero-order valence-electron chi connectivity index (χ0n) is 8.46. The zero-order chi connectivity index (χ0) is 9.72. The van der Waals surface area contributed by atoms with E-state index >= 15 is 0 Å². The molecule has 0 heterocycles. The Morgan fingerprint density at radius 3 is 2.17 bits per heavy atom. The van der Waals surface area contributed by atoms with Crippen LogP contribution in [0.2, 0.25) is 0 Å². The van der Waals surface area contributed by atoms with E-state index in [1.54, 1.807) is 21.1 Å². The van der Waals surface area contributed by atoms with Crippen LogP contribution in [-0.2, 0) is 0 Å². The van der Waals surface area contributed by atoms with E-state index in [4.69, 9.17) is 0 Å². The van der Waals surface area contributed by atoms with Crippen LogP contribution in [0.3, 0.4) is 0 Å². The summed E-state index contributed by atoms with van der Waals surface area (Å²) in [6.45, 7) is 3.91. The van der Waals surface area contributed by atoms with E-state index in [0.717, 1.165) is 12.1 Å². The van der Waals surface area contributed by atoms with Crippen molar-refractivity contribution in [1.29, 1.82) is 0 Å². The number of carbonyl (C=O) groups is 1. The highest BCUT2D eigenvalue weighted by molar-refractivity contribution is 5.83. The lowest BCUT2D eigenvalue weighted by atomic mass is 10.3. The molecule has 0 N–H and O–H groups in total. The van der Waals surface area contributed by atoms with Crippen molar-refractivity contribution < 1.29 is 4.79 Å². The van der Waals surface area contributed by atoms with Crippen LogP contribution >= 0.6 is 0 Å². The monoisotopic (exact) mass is 171 g/mol. The van der Waals surface area contributed by atoms with Crippen molar-refractivity contribution in [2.45, 2.75) is 20.3 Å². The average molecular weight is 171 g/mol. The number of nitrogens with zero attached hydrogens (tertiary/aromatic N) is 3. The normalized spacial score (nSPS) is 11.2. The number of hydrogen-bond donors (Lipinski definition) is 0. The van der Waals surface area contributed by atoms with Crippen LogP contribution in [0.25, 0.3) is 0 Å². The topological polar surface area (TPSA) is 35.9 Å². The molecule has 0 aromatic heterocycles. The van der Waals surface area contributed by atoms with Crippen molar-refractivity contribution in [1.82, 2.24) is 9.91 Å². The fraction of sp³-hybridized carbons (Fsp3) is 0.750. The van der Waals surface area contributed by atoms with Crippen LogP contribution in [-0.4, -0.2) is 42.8 Å². The summed E-state index contributed by atoms with van der Waals surface area (Å²) >= 11 is 0. The molecule has 0 aromatic rings. The first-order valence-electron chi connectivity index (χ1n) is 3.98. The van der Waals surface area contributed by atoms with Crippen LogP contribution in [0, 0.1) is 0 Å². The minimum absolute atomic E-state index is 0.109. The van der Waals surface area contributed by atoms with Crippen molar-refractivity contribution in [2.75, 3.05) is 21.1 Å². The molecule has 0 unspecified atom stereocenters. The molecule has 4 nitrogen and oxygen atoms in total. The molecule has 0 aliphatic heterocycles. The number of hydrazone groups is 1. The first kappa shape index (κ1) is 10.9. The van der Waals surface area contributed by atoms with Crippen molar-refractivity contribution >= 4 is 11.7 Å². The maximum Gasteiger partial charge on any atom is 0.339 e. The fourth-order valence-electron chi connectivity index (χ4n) is 0.659. The maximum atomic E-state index is 11.2. The first-order chi connectivity index (χ1) is 5.49. The standard InChI is InChI=1S/C8H17N3O/c1-6-7(2)9-11(5)8(12)10(3)4/h6H2,1-5H3/b9-7+. The Kier molecular flexibility index (Phi) is 4.33. The highest BCUT2D eigenvalue weighted by atomic mass is 16.2. The predicted octanol–water partition coefficient (Wildman–Crippen LogP) is 1.39. The Morgan fingerprint density at radius 2 is 1.83 bits per heavy atom. The molecule has 0 aliphatic rings. The van der Waals surface area contributed by atoms with Gasteiger partial charge in [0.1, 0.15) is 0 Å². The first-order valence-corrected chi connectivity index (χ1v) is 3.98. The van der Waals surface area contributed by atoms with E-state index in [2.05, 4.69) is 5.10 Å². The highest BCUT2D eigenvalue weighted by Crippen LogP contribution is 1.94. The van der Waals surface area contributed by atoms with E-state index in [-0.39, 0.29) is 6.03 Å². The van der Waals surface area contributed by atoms with Gasteiger partial charge in [-0.15, -0.1) is 0 Å². The van der Waals surface area contributed by atoms with Gasteiger partial charge in [-0.1, -0.05) is 6.92 Å². The molecule has 0 saturated heterocycles. The van der Waals surface area contributed by atoms with Gasteiger partial charge in [0.05, 0.1) is 0 Å². The van der Waals surface area contributed by atoms with Gasteiger partial charge < -0.3 is 4.90 Å². The van der Waals surface area contributed by atoms with Gasteiger partial charge in [0.2, 0.25) is 0 Å². The summed E-state index contributed by atoms with van der Waals surface area (Å²) in [6.07, 6.45) is 0.866. The Morgan fingerprint density at radius 1 is 1.33 bits per heavy atom. The van der Waals surface area contributed by atoms with E-state index in [1.807, 2.05) is 13.8 Å². The van der Waals surface area contributed by atoms with Gasteiger partial charge in [0.15, 0.2) is 0 Å². The molecule has 0 atom stereocenters. The average Bonchev–Trinajstić information content (AvgIpc) is 2.02. The molecule has 0 aliphatic carbocycles. The van der Waals surface area contributed by atoms with E-state index in [0.29, 0.717) is 0 Å². The van der Waals surface area contributed by atoms with Crippen LogP contribution in [0.5, 0.6) is 0 Å². The highest BCUT2D eigenvalue weighted by Gasteiger charge is 2.08. The Labute approximate surface area is 73.8 Å². The summed E-state index contributed by atoms with van der Waals surface area (Å²) < 4.78 is 0. The summed E-state index contributed by atoms with van der Waals surface area (Å²) in [5, 5.41) is 5.42. The second kappa shape index (κ2) is 4.74. The molecule has 0 spiro atoms. The fourth-order valence-corrected chi connectivity index (χ4v) is 0.659. The molecular weight excluding hydrogens is 154 g/mol. The summed E-state index contributed by atoms with van der Waals surface area (Å²) in [5.41, 5.74) is 0.952. The molecule has 2 amide bonds. The number of hydrogen-bond acceptors (Lipinski definition) is 2. The molecule has 0 bridgehead atoms. The molecule has 0 rings (SSSR count). The molecule has 4 heteroatoms. The Balaban J connectivity index is 4.21. The molecular formula is C8H17N3O. The molecule has 0 aromatic carbocycles. The lowest BCUT2D eigenvalue weighted by Crippen LogP contribution is -2.33. The smallest absolute Gasteiger partial charge is 0.329 e. The van der Waals surface area contributed by atoms with Gasteiger partial charge in [0, 0.05) is 26.9 Å². The maximum absolute atomic E-state index is 11.2. The summed E-state index contributed by atoms with van der Waals surface area (Å²) in [5.74, 6) is 0. The van der Waals surface area contributed by atoms with Gasteiger partial charge in [0.25, 0.3) is 0 Å². The van der Waals surface area contributed by atoms with Crippen molar-refractivity contribution in [3.8, 4) is 0 Å². The second-order valence-electron chi connectivity index (χ2n) is 2.89. The Bertz CT molecular complexity index is 187. The van der Waals surface area contributed by atoms with Gasteiger partial charge in [-0.25, -0.2) is 9.80 Å². The lowest BCUT2D eigenvalue weighted by molar-refractivity contribution is 0.183. The van der Waals surface area contributed by atoms with Crippen molar-refractivity contribution in [3.63, 3.8) is 0 Å². The van der Waals surface area contributed by atoms with Gasteiger partial charge in [-0.05, 0) is 13.3 Å². The lowest BCUT2D eigenvalue weighted by Gasteiger charge is -2.17. The van der Waals surface area contributed by atoms with Crippen LogP contribution in [0.1, 0.15) is 20.3 Å². The minimum atomic E-state index is -0.109. The molecule has 0 fully saturated rings. The largest absolute Gasteiger partial charge is 0.339 e. The van der Waals surface area contributed by atoms with Gasteiger partial charge in [-0.3, -0.25) is 0 Å². The van der Waals surface area contributed by atoms with Crippen LogP contribution in [0.4, 0.5) is 4.79 Å². The van der Waals surface area contributed by atoms with Gasteiger partial charge >= 0.3 is 6.03 Å². The number of urea groups is 1. The molecule has 12 heavy (non-hydrogen) atoms. The van der Waals surface area contributed by atoms with E-state index in [1.165, 1.54) is 9.91 Å². The predicted molar refractivity (Wildman–Crippen MR) is 50.2 cm³/mol.